The minimum Gasteiger partial charge on any atom is -0.372 e. The van der Waals surface area contributed by atoms with Crippen molar-refractivity contribution in [3.8, 4) is 0 Å². The van der Waals surface area contributed by atoms with Gasteiger partial charge in [-0.3, -0.25) is 14.4 Å². The summed E-state index contributed by atoms with van der Waals surface area (Å²) >= 11 is 6.07. The molecule has 31 heavy (non-hydrogen) atoms. The quantitative estimate of drug-likeness (QED) is 0.698. The van der Waals surface area contributed by atoms with Gasteiger partial charge in [-0.15, -0.1) is 0 Å². The predicted octanol–water partition coefficient (Wildman–Crippen LogP) is 2.79. The molecular weight excluding hydrogens is 418 g/mol. The van der Waals surface area contributed by atoms with Crippen LogP contribution >= 0.6 is 11.6 Å². The lowest BCUT2D eigenvalue weighted by Gasteiger charge is -2.29. The Kier molecular flexibility index (Phi) is 5.73. The zero-order valence-electron chi connectivity index (χ0n) is 17.5. The molecule has 2 aliphatic heterocycles. The van der Waals surface area contributed by atoms with Gasteiger partial charge in [-0.2, -0.15) is 0 Å². The lowest BCUT2D eigenvalue weighted by molar-refractivity contribution is -0.137. The van der Waals surface area contributed by atoms with Gasteiger partial charge in [-0.1, -0.05) is 23.7 Å². The van der Waals surface area contributed by atoms with Gasteiger partial charge in [0.05, 0.1) is 18.7 Å². The highest BCUT2D eigenvalue weighted by Gasteiger charge is 2.33. The third-order valence-electron chi connectivity index (χ3n) is 5.94. The molecule has 4 rings (SSSR count). The van der Waals surface area contributed by atoms with Gasteiger partial charge in [-0.25, -0.2) is 0 Å². The largest absolute Gasteiger partial charge is 0.372 e. The molecule has 7 nitrogen and oxygen atoms in total. The number of nitrogens with one attached hydrogen (secondary N) is 2. The number of anilines is 2. The molecule has 0 aliphatic carbocycles. The Balaban J connectivity index is 1.43. The van der Waals surface area contributed by atoms with Crippen LogP contribution in [0.15, 0.2) is 36.4 Å². The third kappa shape index (κ3) is 4.16. The molecule has 0 radical (unpaired) electrons. The van der Waals surface area contributed by atoms with Crippen LogP contribution in [-0.2, 0) is 37.6 Å². The highest BCUT2D eigenvalue weighted by molar-refractivity contribution is 6.39. The van der Waals surface area contributed by atoms with Crippen molar-refractivity contribution in [1.29, 1.82) is 0 Å². The Bertz CT molecular complexity index is 1070. The Morgan fingerprint density at radius 3 is 2.71 bits per heavy atom. The molecule has 0 bridgehead atoms. The molecule has 0 saturated heterocycles. The number of ether oxygens (including phenoxy) is 1. The van der Waals surface area contributed by atoms with Crippen LogP contribution in [0.3, 0.4) is 0 Å². The van der Waals surface area contributed by atoms with Crippen molar-refractivity contribution < 1.29 is 19.1 Å². The molecule has 162 valence electrons. The number of benzene rings is 2. The van der Waals surface area contributed by atoms with Crippen LogP contribution in [0.25, 0.3) is 0 Å². The van der Waals surface area contributed by atoms with Crippen molar-refractivity contribution in [2.75, 3.05) is 30.4 Å². The number of hydrogen-bond acceptors (Lipinski definition) is 4. The maximum absolute atomic E-state index is 12.5. The standard InChI is InChI=1S/C23H24ClN3O4/c1-23(31-2,16-6-3-7-17(24)12-16)13-25-21(29)22(30)26-18-9-14-5-4-8-27-19(28)11-15(10-18)20(14)27/h3,6-7,9-10,12H,4-5,8,11,13H2,1-2H3,(H,25,29)(H,26,30). The normalized spacial score (nSPS) is 16.5. The van der Waals surface area contributed by atoms with Crippen LogP contribution in [0.2, 0.25) is 5.02 Å². The summed E-state index contributed by atoms with van der Waals surface area (Å²) in [5.74, 6) is -1.46. The van der Waals surface area contributed by atoms with Crippen LogP contribution < -0.4 is 15.5 Å². The molecule has 0 saturated carbocycles. The number of carbonyl (C=O) groups excluding carboxylic acids is 3. The molecule has 2 aliphatic rings. The van der Waals surface area contributed by atoms with E-state index in [9.17, 15) is 14.4 Å². The number of carbonyl (C=O) groups is 3. The SMILES string of the molecule is COC(C)(CNC(=O)C(=O)Nc1cc2c3c(c1)CC(=O)N3CCC2)c1cccc(Cl)c1. The van der Waals surface area contributed by atoms with Crippen molar-refractivity contribution in [1.82, 2.24) is 5.32 Å². The first-order valence-electron chi connectivity index (χ1n) is 10.2. The fourth-order valence-electron chi connectivity index (χ4n) is 4.18. The van der Waals surface area contributed by atoms with E-state index in [1.54, 1.807) is 24.3 Å². The summed E-state index contributed by atoms with van der Waals surface area (Å²) in [4.78, 5) is 38.9. The molecule has 2 aromatic rings. The Hall–Kier alpha value is -2.90. The summed E-state index contributed by atoms with van der Waals surface area (Å²) in [7, 11) is 1.54. The van der Waals surface area contributed by atoms with Crippen LogP contribution in [-0.4, -0.2) is 37.9 Å². The third-order valence-corrected chi connectivity index (χ3v) is 6.18. The zero-order chi connectivity index (χ0) is 22.2. The molecule has 2 aromatic carbocycles. The van der Waals surface area contributed by atoms with Crippen molar-refractivity contribution in [3.05, 3.63) is 58.1 Å². The average Bonchev–Trinajstić information content (AvgIpc) is 3.08. The van der Waals surface area contributed by atoms with E-state index in [4.69, 9.17) is 16.3 Å². The molecule has 8 heteroatoms. The van der Waals surface area contributed by atoms with Crippen LogP contribution in [0.1, 0.15) is 30.0 Å². The first-order chi connectivity index (χ1) is 14.8. The Morgan fingerprint density at radius 2 is 1.97 bits per heavy atom. The van der Waals surface area contributed by atoms with Crippen LogP contribution in [0, 0.1) is 0 Å². The molecule has 2 heterocycles. The number of aryl methyl sites for hydroxylation is 1. The zero-order valence-corrected chi connectivity index (χ0v) is 18.2. The van der Waals surface area contributed by atoms with Gasteiger partial charge >= 0.3 is 11.8 Å². The summed E-state index contributed by atoms with van der Waals surface area (Å²) in [6.07, 6.45) is 2.05. The monoisotopic (exact) mass is 441 g/mol. The average molecular weight is 442 g/mol. The highest BCUT2D eigenvalue weighted by atomic mass is 35.5. The van der Waals surface area contributed by atoms with E-state index in [1.807, 2.05) is 24.0 Å². The van der Waals surface area contributed by atoms with E-state index in [1.165, 1.54) is 7.11 Å². The van der Waals surface area contributed by atoms with E-state index >= 15 is 0 Å². The molecule has 0 aromatic heterocycles. The first-order valence-corrected chi connectivity index (χ1v) is 10.5. The first kappa shape index (κ1) is 21.3. The van der Waals surface area contributed by atoms with Crippen LogP contribution in [0.4, 0.5) is 11.4 Å². The van der Waals surface area contributed by atoms with Gasteiger partial charge in [0, 0.05) is 24.4 Å². The molecule has 0 spiro atoms. The second kappa shape index (κ2) is 8.32. The van der Waals surface area contributed by atoms with Gasteiger partial charge < -0.3 is 20.3 Å². The summed E-state index contributed by atoms with van der Waals surface area (Å²) < 4.78 is 5.59. The van der Waals surface area contributed by atoms with Crippen molar-refractivity contribution in [2.24, 2.45) is 0 Å². The second-order valence-corrected chi connectivity index (χ2v) is 8.49. The molecule has 2 N–H and O–H groups in total. The number of nitrogens with zero attached hydrogens (tertiary/aromatic N) is 1. The van der Waals surface area contributed by atoms with Gasteiger partial charge in [0.2, 0.25) is 5.91 Å². The van der Waals surface area contributed by atoms with Gasteiger partial charge in [0.1, 0.15) is 5.60 Å². The Labute approximate surface area is 185 Å². The van der Waals surface area contributed by atoms with E-state index in [0.717, 1.165) is 41.8 Å². The summed E-state index contributed by atoms with van der Waals surface area (Å²) in [6.45, 7) is 2.64. The molecule has 1 unspecified atom stereocenters. The van der Waals surface area contributed by atoms with Crippen molar-refractivity contribution in [3.63, 3.8) is 0 Å². The van der Waals surface area contributed by atoms with Gasteiger partial charge in [0.25, 0.3) is 0 Å². The topological polar surface area (TPSA) is 87.7 Å². The second-order valence-electron chi connectivity index (χ2n) is 8.05. The fourth-order valence-corrected chi connectivity index (χ4v) is 4.37. The number of halogens is 1. The van der Waals surface area contributed by atoms with Gasteiger partial charge in [-0.05, 0) is 60.7 Å². The highest BCUT2D eigenvalue weighted by Crippen LogP contribution is 2.38. The van der Waals surface area contributed by atoms with Crippen LogP contribution in [0.5, 0.6) is 0 Å². The van der Waals surface area contributed by atoms with E-state index in [2.05, 4.69) is 10.6 Å². The lowest BCUT2D eigenvalue weighted by atomic mass is 9.95. The Morgan fingerprint density at radius 1 is 1.19 bits per heavy atom. The fraction of sp³-hybridized carbons (Fsp3) is 0.348. The van der Waals surface area contributed by atoms with Crippen molar-refractivity contribution in [2.45, 2.75) is 31.8 Å². The van der Waals surface area contributed by atoms with E-state index in [-0.39, 0.29) is 12.5 Å². The summed E-state index contributed by atoms with van der Waals surface area (Å²) in [5.41, 5.74) is 3.35. The minimum absolute atomic E-state index is 0.0806. The molecule has 1 atom stereocenters. The van der Waals surface area contributed by atoms with Gasteiger partial charge in [0.15, 0.2) is 0 Å². The number of methoxy groups -OCH3 is 1. The number of amides is 3. The maximum Gasteiger partial charge on any atom is 0.313 e. The van der Waals surface area contributed by atoms with E-state index < -0.39 is 17.4 Å². The number of hydrogen-bond donors (Lipinski definition) is 2. The molecule has 0 fully saturated rings. The maximum atomic E-state index is 12.5. The summed E-state index contributed by atoms with van der Waals surface area (Å²) in [6, 6.07) is 10.8. The summed E-state index contributed by atoms with van der Waals surface area (Å²) in [5, 5.41) is 5.86. The smallest absolute Gasteiger partial charge is 0.313 e. The molecule has 3 amide bonds. The molecular formula is C23H24ClN3O4. The van der Waals surface area contributed by atoms with E-state index in [0.29, 0.717) is 17.1 Å². The predicted molar refractivity (Wildman–Crippen MR) is 118 cm³/mol. The lowest BCUT2D eigenvalue weighted by Crippen LogP contribution is -2.44. The van der Waals surface area contributed by atoms with Crippen molar-refractivity contribution >= 4 is 40.7 Å². The number of rotatable bonds is 5. The minimum atomic E-state index is -0.845.